The second kappa shape index (κ2) is 13.2. The zero-order chi connectivity index (χ0) is 22.8. The van der Waals surface area contributed by atoms with Crippen molar-refractivity contribution in [3.8, 4) is 45.5 Å². The predicted octanol–water partition coefficient (Wildman–Crippen LogP) is 5.13. The molecule has 0 unspecified atom stereocenters. The molecule has 172 valence electrons. The molecule has 0 N–H and O–H groups in total. The van der Waals surface area contributed by atoms with Crippen LogP contribution in [-0.4, -0.2) is 38.4 Å². The molecule has 7 heteroatoms. The molecule has 0 bridgehead atoms. The molecular weight excluding hydrogens is 599 g/mol. The summed E-state index contributed by atoms with van der Waals surface area (Å²) >= 11 is 0. The van der Waals surface area contributed by atoms with Gasteiger partial charge in [0.05, 0.1) is 28.4 Å². The normalized spacial score (nSPS) is 9.58. The molecule has 0 aliphatic carbocycles. The van der Waals surface area contributed by atoms with Gasteiger partial charge in [0.15, 0.2) is 0 Å². The van der Waals surface area contributed by atoms with E-state index >= 15 is 0 Å². The fourth-order valence-electron chi connectivity index (χ4n) is 2.93. The van der Waals surface area contributed by atoms with E-state index in [9.17, 15) is 0 Å². The minimum absolute atomic E-state index is 0. The summed E-state index contributed by atoms with van der Waals surface area (Å²) in [5.74, 6) is 3.04. The number of methoxy groups -OCH3 is 4. The van der Waals surface area contributed by atoms with Gasteiger partial charge in [0.25, 0.3) is 0 Å². The molecule has 0 spiro atoms. The monoisotopic (exact) mass is 623 g/mol. The molecule has 2 aromatic carbocycles. The average Bonchev–Trinajstić information content (AvgIpc) is 2.89. The van der Waals surface area contributed by atoms with E-state index in [0.717, 1.165) is 45.5 Å². The van der Waals surface area contributed by atoms with Crippen LogP contribution in [0.15, 0.2) is 73.1 Å². The van der Waals surface area contributed by atoms with Gasteiger partial charge in [-0.1, -0.05) is 11.1 Å². The second-order valence-corrected chi connectivity index (χ2v) is 6.39. The summed E-state index contributed by atoms with van der Waals surface area (Å²) in [5.41, 5.74) is 3.25. The third-order valence-corrected chi connectivity index (χ3v) is 4.52. The van der Waals surface area contributed by atoms with Gasteiger partial charge >= 0.3 is 21.1 Å². The molecule has 0 aliphatic rings. The van der Waals surface area contributed by atoms with Gasteiger partial charge in [0.2, 0.25) is 0 Å². The Bertz CT molecular complexity index is 1060. The summed E-state index contributed by atoms with van der Waals surface area (Å²) in [6.07, 6.45) is 3.41. The van der Waals surface area contributed by atoms with Gasteiger partial charge in [0.1, 0.15) is 11.5 Å². The molecule has 0 saturated carbocycles. The van der Waals surface area contributed by atoms with Crippen molar-refractivity contribution < 1.29 is 40.0 Å². The third kappa shape index (κ3) is 6.80. The first-order valence-electron chi connectivity index (χ1n) is 9.80. The number of hydrogen-bond donors (Lipinski definition) is 0. The van der Waals surface area contributed by atoms with Crippen LogP contribution in [0.1, 0.15) is 0 Å². The number of benzene rings is 2. The summed E-state index contributed by atoms with van der Waals surface area (Å²) < 4.78 is 20.8. The van der Waals surface area contributed by atoms with E-state index in [1.807, 2.05) is 48.5 Å². The third-order valence-electron chi connectivity index (χ3n) is 4.52. The summed E-state index contributed by atoms with van der Waals surface area (Å²) in [4.78, 5) is 8.55. The van der Waals surface area contributed by atoms with Crippen molar-refractivity contribution in [1.82, 2.24) is 9.97 Å². The van der Waals surface area contributed by atoms with Crippen LogP contribution >= 0.6 is 0 Å². The van der Waals surface area contributed by atoms with Crippen molar-refractivity contribution in [2.24, 2.45) is 0 Å². The van der Waals surface area contributed by atoms with Gasteiger partial charge in [-0.3, -0.25) is 0 Å². The Morgan fingerprint density at radius 2 is 1.03 bits per heavy atom. The van der Waals surface area contributed by atoms with E-state index in [0.29, 0.717) is 0 Å². The van der Waals surface area contributed by atoms with Crippen molar-refractivity contribution in [2.75, 3.05) is 28.4 Å². The Labute approximate surface area is 208 Å². The number of hydrogen-bond acceptors (Lipinski definition) is 6. The maximum atomic E-state index is 5.26. The van der Waals surface area contributed by atoms with Gasteiger partial charge in [-0.05, 0) is 35.7 Å². The Balaban J connectivity index is 0.000000227. The van der Waals surface area contributed by atoms with Gasteiger partial charge in [-0.2, -0.15) is 0 Å². The van der Waals surface area contributed by atoms with E-state index in [2.05, 4.69) is 22.1 Å². The number of pyridine rings is 2. The number of nitrogens with zero attached hydrogens (tertiary/aromatic N) is 2. The smallest absolute Gasteiger partial charge is 0.540 e. The maximum absolute atomic E-state index is 5.26. The minimum atomic E-state index is 0. The van der Waals surface area contributed by atoms with Crippen molar-refractivity contribution in [3.63, 3.8) is 0 Å². The number of aromatic nitrogens is 2. The van der Waals surface area contributed by atoms with Crippen molar-refractivity contribution >= 4 is 0 Å². The van der Waals surface area contributed by atoms with Crippen LogP contribution in [-0.2, 0) is 21.1 Å². The molecule has 2 aromatic heterocycles. The number of ether oxygens (including phenoxy) is 4. The topological polar surface area (TPSA) is 62.7 Å². The predicted molar refractivity (Wildman–Crippen MR) is 123 cm³/mol. The molecule has 6 nitrogen and oxygen atoms in total. The van der Waals surface area contributed by atoms with E-state index in [-0.39, 0.29) is 21.1 Å². The first-order valence-corrected chi connectivity index (χ1v) is 9.80. The van der Waals surface area contributed by atoms with E-state index in [1.54, 1.807) is 53.0 Å². The van der Waals surface area contributed by atoms with Crippen molar-refractivity contribution in [2.45, 2.75) is 0 Å². The molecule has 0 saturated heterocycles. The molecule has 0 fully saturated rings. The summed E-state index contributed by atoms with van der Waals surface area (Å²) in [6, 6.07) is 24.7. The fourth-order valence-corrected chi connectivity index (χ4v) is 2.93. The quantitative estimate of drug-likeness (QED) is 0.278. The summed E-state index contributed by atoms with van der Waals surface area (Å²) in [6.45, 7) is 0. The standard InChI is InChI=1S/2C13H12NO2.Pt/c2*1-15-10-7-8-14-12(9-10)11-5-3-4-6-13(11)16-2;/h2*3-4,6-9H,1-2H3;/q2*-1;+2. The Kier molecular flexibility index (Phi) is 10.4. The first kappa shape index (κ1) is 25.9. The molecule has 4 rings (SSSR count). The Morgan fingerprint density at radius 1 is 0.606 bits per heavy atom. The zero-order valence-corrected chi connectivity index (χ0v) is 21.0. The molecule has 0 amide bonds. The number of rotatable bonds is 6. The van der Waals surface area contributed by atoms with Crippen LogP contribution in [0.2, 0.25) is 0 Å². The van der Waals surface area contributed by atoms with Crippen molar-refractivity contribution in [1.29, 1.82) is 0 Å². The average molecular weight is 624 g/mol. The van der Waals surface area contributed by atoms with Gasteiger partial charge in [-0.15, -0.1) is 48.5 Å². The molecule has 0 radical (unpaired) electrons. The molecule has 0 aliphatic heterocycles. The molecule has 0 atom stereocenters. The fraction of sp³-hybridized carbons (Fsp3) is 0.154. The van der Waals surface area contributed by atoms with Crippen LogP contribution in [0.5, 0.6) is 23.0 Å². The zero-order valence-electron chi connectivity index (χ0n) is 18.8. The van der Waals surface area contributed by atoms with Crippen LogP contribution in [0.25, 0.3) is 22.5 Å². The van der Waals surface area contributed by atoms with Crippen LogP contribution in [0, 0.1) is 12.1 Å². The SMILES string of the molecule is COc1ccnc(-c2[c-]cccc2OC)c1.COc1ccnc(-c2[c-]cccc2OC)c1.[Pt+2]. The molecule has 2 heterocycles. The largest absolute Gasteiger partial charge is 2.00 e. The van der Waals surface area contributed by atoms with Crippen molar-refractivity contribution in [3.05, 3.63) is 85.2 Å². The molecule has 33 heavy (non-hydrogen) atoms. The Hall–Kier alpha value is -3.37. The van der Waals surface area contributed by atoms with Gasteiger partial charge in [-0.25, -0.2) is 0 Å². The van der Waals surface area contributed by atoms with E-state index < -0.39 is 0 Å². The van der Waals surface area contributed by atoms with Gasteiger partial charge < -0.3 is 28.9 Å². The minimum Gasteiger partial charge on any atom is -0.540 e. The summed E-state index contributed by atoms with van der Waals surface area (Å²) in [5, 5.41) is 0. The molecule has 4 aromatic rings. The van der Waals surface area contributed by atoms with Gasteiger partial charge in [0, 0.05) is 23.9 Å². The van der Waals surface area contributed by atoms with E-state index in [4.69, 9.17) is 18.9 Å². The maximum Gasteiger partial charge on any atom is 2.00 e. The summed E-state index contributed by atoms with van der Waals surface area (Å²) in [7, 11) is 6.52. The van der Waals surface area contributed by atoms with E-state index in [1.165, 1.54) is 0 Å². The first-order chi connectivity index (χ1) is 15.7. The van der Waals surface area contributed by atoms with Crippen LogP contribution < -0.4 is 18.9 Å². The van der Waals surface area contributed by atoms with Crippen LogP contribution in [0.3, 0.4) is 0 Å². The Morgan fingerprint density at radius 3 is 1.39 bits per heavy atom. The second-order valence-electron chi connectivity index (χ2n) is 6.39. The molecular formula is C26H24N2O4Pt. The van der Waals surface area contributed by atoms with Crippen LogP contribution in [0.4, 0.5) is 0 Å².